The highest BCUT2D eigenvalue weighted by Crippen LogP contribution is 2.44. The molecule has 1 heterocycles. The minimum Gasteiger partial charge on any atom is -0.313 e. The van der Waals surface area contributed by atoms with Crippen LogP contribution in [0.2, 0.25) is 0 Å². The lowest BCUT2D eigenvalue weighted by Crippen LogP contribution is -2.35. The Morgan fingerprint density at radius 1 is 1.44 bits per heavy atom. The van der Waals surface area contributed by atoms with Crippen LogP contribution in [0.1, 0.15) is 31.5 Å². The van der Waals surface area contributed by atoms with Crippen LogP contribution >= 0.6 is 0 Å². The zero-order valence-corrected chi connectivity index (χ0v) is 9.89. The monoisotopic (exact) mass is 220 g/mol. The van der Waals surface area contributed by atoms with Crippen LogP contribution in [0.4, 0.5) is 0 Å². The normalized spacial score (nSPS) is 32.4. The largest absolute Gasteiger partial charge is 0.313 e. The van der Waals surface area contributed by atoms with Crippen molar-refractivity contribution in [2.45, 2.75) is 38.1 Å². The molecule has 1 N–H and O–H groups in total. The van der Waals surface area contributed by atoms with Gasteiger partial charge in [0.2, 0.25) is 0 Å². The summed E-state index contributed by atoms with van der Waals surface area (Å²) in [6, 6.07) is 0.784. The molecule has 1 aromatic heterocycles. The van der Waals surface area contributed by atoms with Crippen molar-refractivity contribution in [2.75, 3.05) is 6.54 Å². The van der Waals surface area contributed by atoms with Crippen LogP contribution in [0.15, 0.2) is 6.33 Å². The van der Waals surface area contributed by atoms with Crippen LogP contribution in [0, 0.1) is 11.8 Å². The molecule has 1 aromatic rings. The number of rotatable bonds is 4. The smallest absolute Gasteiger partial charge is 0.138 e. The first-order chi connectivity index (χ1) is 7.83. The number of nitrogens with zero attached hydrogens (tertiary/aromatic N) is 3. The van der Waals surface area contributed by atoms with Gasteiger partial charge in [0.15, 0.2) is 0 Å². The molecule has 2 aliphatic carbocycles. The van der Waals surface area contributed by atoms with E-state index in [-0.39, 0.29) is 0 Å². The lowest BCUT2D eigenvalue weighted by molar-refractivity contribution is 0.352. The van der Waals surface area contributed by atoms with E-state index >= 15 is 0 Å². The van der Waals surface area contributed by atoms with Crippen molar-refractivity contribution in [3.8, 4) is 0 Å². The Bertz CT molecular complexity index is 360. The molecule has 3 rings (SSSR count). The molecule has 2 saturated carbocycles. The molecule has 16 heavy (non-hydrogen) atoms. The molecule has 3 unspecified atom stereocenters. The first-order valence-electron chi connectivity index (χ1n) is 6.39. The molecule has 88 valence electrons. The lowest BCUT2D eigenvalue weighted by Gasteiger charge is -2.22. The topological polar surface area (TPSA) is 42.7 Å². The van der Waals surface area contributed by atoms with Gasteiger partial charge in [0, 0.05) is 26.1 Å². The summed E-state index contributed by atoms with van der Waals surface area (Å²) >= 11 is 0. The van der Waals surface area contributed by atoms with E-state index in [1.165, 1.54) is 25.7 Å². The van der Waals surface area contributed by atoms with Gasteiger partial charge in [-0.05, 0) is 31.1 Å². The second-order valence-corrected chi connectivity index (χ2v) is 5.29. The Morgan fingerprint density at radius 3 is 3.00 bits per heavy atom. The third-order valence-corrected chi connectivity index (χ3v) is 4.30. The number of nitrogens with one attached hydrogen (secondary N) is 1. The summed E-state index contributed by atoms with van der Waals surface area (Å²) in [5.41, 5.74) is 0. The standard InChI is InChI=1S/C12H20N4/c1-16-12(14-8-15-16)4-5-13-11-7-9-2-3-10(11)6-9/h8-11,13H,2-7H2,1H3. The van der Waals surface area contributed by atoms with Crippen LogP contribution in [0.25, 0.3) is 0 Å². The van der Waals surface area contributed by atoms with E-state index in [0.29, 0.717) is 0 Å². The first kappa shape index (κ1) is 10.3. The molecular formula is C12H20N4. The van der Waals surface area contributed by atoms with Gasteiger partial charge in [-0.25, -0.2) is 4.98 Å². The van der Waals surface area contributed by atoms with Crippen molar-refractivity contribution < 1.29 is 0 Å². The van der Waals surface area contributed by atoms with Crippen LogP contribution in [0.3, 0.4) is 0 Å². The van der Waals surface area contributed by atoms with Crippen molar-refractivity contribution >= 4 is 0 Å². The average Bonchev–Trinajstić information content (AvgIpc) is 2.96. The van der Waals surface area contributed by atoms with Crippen molar-refractivity contribution in [3.05, 3.63) is 12.2 Å². The Kier molecular flexibility index (Phi) is 2.67. The van der Waals surface area contributed by atoms with Crippen LogP contribution in [0.5, 0.6) is 0 Å². The molecule has 2 aliphatic rings. The molecule has 3 atom stereocenters. The summed E-state index contributed by atoms with van der Waals surface area (Å²) < 4.78 is 1.86. The van der Waals surface area contributed by atoms with Gasteiger partial charge < -0.3 is 5.32 Å². The van der Waals surface area contributed by atoms with Gasteiger partial charge in [-0.2, -0.15) is 5.10 Å². The van der Waals surface area contributed by atoms with E-state index in [4.69, 9.17) is 0 Å². The minimum atomic E-state index is 0.784. The molecule has 0 amide bonds. The van der Waals surface area contributed by atoms with Crippen molar-refractivity contribution in [3.63, 3.8) is 0 Å². The van der Waals surface area contributed by atoms with Gasteiger partial charge >= 0.3 is 0 Å². The third kappa shape index (κ3) is 1.86. The fraction of sp³-hybridized carbons (Fsp3) is 0.833. The number of aryl methyl sites for hydroxylation is 1. The summed E-state index contributed by atoms with van der Waals surface area (Å²) in [5.74, 6) is 3.07. The van der Waals surface area contributed by atoms with Crippen molar-refractivity contribution in [1.29, 1.82) is 0 Å². The van der Waals surface area contributed by atoms with E-state index in [0.717, 1.165) is 36.7 Å². The molecule has 2 fully saturated rings. The maximum absolute atomic E-state index is 4.24. The van der Waals surface area contributed by atoms with Gasteiger partial charge in [0.25, 0.3) is 0 Å². The molecule has 0 saturated heterocycles. The highest BCUT2D eigenvalue weighted by Gasteiger charge is 2.38. The highest BCUT2D eigenvalue weighted by molar-refractivity contribution is 4.94. The molecule has 0 aliphatic heterocycles. The fourth-order valence-corrected chi connectivity index (χ4v) is 3.41. The third-order valence-electron chi connectivity index (χ3n) is 4.30. The number of hydrogen-bond donors (Lipinski definition) is 1. The van der Waals surface area contributed by atoms with Gasteiger partial charge in [-0.15, -0.1) is 0 Å². The summed E-state index contributed by atoms with van der Waals surface area (Å²) in [5, 5.41) is 7.78. The van der Waals surface area contributed by atoms with Crippen LogP contribution in [-0.2, 0) is 13.5 Å². The van der Waals surface area contributed by atoms with Gasteiger partial charge in [-0.3, -0.25) is 4.68 Å². The summed E-state index contributed by atoms with van der Waals surface area (Å²) in [6.07, 6.45) is 8.43. The van der Waals surface area contributed by atoms with E-state index in [1.807, 2.05) is 11.7 Å². The summed E-state index contributed by atoms with van der Waals surface area (Å²) in [6.45, 7) is 1.04. The molecule has 2 bridgehead atoms. The Hall–Kier alpha value is -0.900. The Labute approximate surface area is 96.4 Å². The van der Waals surface area contributed by atoms with Gasteiger partial charge in [0.1, 0.15) is 12.2 Å². The molecule has 4 nitrogen and oxygen atoms in total. The highest BCUT2D eigenvalue weighted by atomic mass is 15.3. The second kappa shape index (κ2) is 4.17. The van der Waals surface area contributed by atoms with Crippen molar-refractivity contribution in [1.82, 2.24) is 20.1 Å². The number of hydrogen-bond acceptors (Lipinski definition) is 3. The lowest BCUT2D eigenvalue weighted by atomic mass is 9.95. The zero-order chi connectivity index (χ0) is 11.0. The Morgan fingerprint density at radius 2 is 2.38 bits per heavy atom. The quantitative estimate of drug-likeness (QED) is 0.827. The fourth-order valence-electron chi connectivity index (χ4n) is 3.41. The van der Waals surface area contributed by atoms with Crippen LogP contribution < -0.4 is 5.32 Å². The van der Waals surface area contributed by atoms with Crippen LogP contribution in [-0.4, -0.2) is 27.4 Å². The van der Waals surface area contributed by atoms with E-state index in [1.54, 1.807) is 6.33 Å². The zero-order valence-electron chi connectivity index (χ0n) is 9.89. The Balaban J connectivity index is 1.46. The summed E-state index contributed by atoms with van der Waals surface area (Å²) in [7, 11) is 1.96. The van der Waals surface area contributed by atoms with Crippen molar-refractivity contribution in [2.24, 2.45) is 18.9 Å². The van der Waals surface area contributed by atoms with E-state index < -0.39 is 0 Å². The molecule has 0 aromatic carbocycles. The summed E-state index contributed by atoms with van der Waals surface area (Å²) in [4.78, 5) is 4.24. The molecule has 4 heteroatoms. The van der Waals surface area contributed by atoms with Gasteiger partial charge in [0.05, 0.1) is 0 Å². The predicted molar refractivity (Wildman–Crippen MR) is 61.9 cm³/mol. The minimum absolute atomic E-state index is 0.784. The number of fused-ring (bicyclic) bond motifs is 2. The van der Waals surface area contributed by atoms with E-state index in [2.05, 4.69) is 15.4 Å². The van der Waals surface area contributed by atoms with E-state index in [9.17, 15) is 0 Å². The maximum Gasteiger partial charge on any atom is 0.138 e. The number of aromatic nitrogens is 3. The SMILES string of the molecule is Cn1ncnc1CCNC1CC2CCC1C2. The maximum atomic E-state index is 4.24. The average molecular weight is 220 g/mol. The predicted octanol–water partition coefficient (Wildman–Crippen LogP) is 1.14. The van der Waals surface area contributed by atoms with Gasteiger partial charge in [-0.1, -0.05) is 6.42 Å². The molecule has 0 spiro atoms. The first-order valence-corrected chi connectivity index (χ1v) is 6.39. The molecular weight excluding hydrogens is 200 g/mol. The molecule has 0 radical (unpaired) electrons. The second-order valence-electron chi connectivity index (χ2n) is 5.29.